The van der Waals surface area contributed by atoms with Crippen LogP contribution >= 0.6 is 0 Å². The van der Waals surface area contributed by atoms with E-state index in [2.05, 4.69) is 4.90 Å². The van der Waals surface area contributed by atoms with Crippen molar-refractivity contribution in [3.8, 4) is 5.75 Å². The van der Waals surface area contributed by atoms with E-state index in [0.29, 0.717) is 13.1 Å². The lowest BCUT2D eigenvalue weighted by atomic mass is 10.0. The summed E-state index contributed by atoms with van der Waals surface area (Å²) in [5.41, 5.74) is 1.14. The second-order valence-corrected chi connectivity index (χ2v) is 6.56. The highest BCUT2D eigenvalue weighted by Gasteiger charge is 2.35. The summed E-state index contributed by atoms with van der Waals surface area (Å²) in [5, 5.41) is 0. The van der Waals surface area contributed by atoms with Gasteiger partial charge in [0.05, 0.1) is 26.3 Å². The second-order valence-electron chi connectivity index (χ2n) is 6.56. The van der Waals surface area contributed by atoms with Crippen LogP contribution in [0.4, 0.5) is 0 Å². The standard InChI is InChI=1S/C18H26N2O3/c1-14-5-3-4-6-17(14)23-16-12-20(13-16)18(21)15(2)11-19-7-9-22-10-8-19/h3-6,15-16H,7-13H2,1-2H3/t15-/m0/s1. The van der Waals surface area contributed by atoms with Gasteiger partial charge in [0.1, 0.15) is 11.9 Å². The molecule has 2 saturated heterocycles. The number of rotatable bonds is 5. The number of hydrogen-bond acceptors (Lipinski definition) is 4. The molecule has 2 aliphatic heterocycles. The van der Waals surface area contributed by atoms with E-state index in [0.717, 1.165) is 44.2 Å². The van der Waals surface area contributed by atoms with Crippen LogP contribution in [-0.4, -0.2) is 67.7 Å². The summed E-state index contributed by atoms with van der Waals surface area (Å²) in [4.78, 5) is 16.7. The normalized spacial score (nSPS) is 20.9. The van der Waals surface area contributed by atoms with E-state index >= 15 is 0 Å². The van der Waals surface area contributed by atoms with Gasteiger partial charge in [-0.2, -0.15) is 0 Å². The third-order valence-corrected chi connectivity index (χ3v) is 4.60. The average Bonchev–Trinajstić information content (AvgIpc) is 2.52. The van der Waals surface area contributed by atoms with Gasteiger partial charge in [-0.25, -0.2) is 0 Å². The molecule has 0 aliphatic carbocycles. The van der Waals surface area contributed by atoms with Crippen molar-refractivity contribution < 1.29 is 14.3 Å². The van der Waals surface area contributed by atoms with E-state index in [4.69, 9.17) is 9.47 Å². The molecule has 0 aromatic heterocycles. The molecule has 5 nitrogen and oxygen atoms in total. The van der Waals surface area contributed by atoms with E-state index < -0.39 is 0 Å². The summed E-state index contributed by atoms with van der Waals surface area (Å²) in [6, 6.07) is 8.02. The number of likely N-dealkylation sites (tertiary alicyclic amines) is 1. The molecule has 0 spiro atoms. The first-order chi connectivity index (χ1) is 11.1. The number of morpholine rings is 1. The minimum atomic E-state index is 0.0347. The van der Waals surface area contributed by atoms with Crippen molar-refractivity contribution >= 4 is 5.91 Å². The fourth-order valence-electron chi connectivity index (χ4n) is 3.12. The van der Waals surface area contributed by atoms with Gasteiger partial charge in [-0.3, -0.25) is 9.69 Å². The Labute approximate surface area is 138 Å². The fraction of sp³-hybridized carbons (Fsp3) is 0.611. The highest BCUT2D eigenvalue weighted by atomic mass is 16.5. The molecular weight excluding hydrogens is 292 g/mol. The van der Waals surface area contributed by atoms with Crippen molar-refractivity contribution in [1.29, 1.82) is 0 Å². The number of amides is 1. The van der Waals surface area contributed by atoms with Gasteiger partial charge in [0.25, 0.3) is 0 Å². The molecule has 1 aromatic rings. The minimum absolute atomic E-state index is 0.0347. The van der Waals surface area contributed by atoms with Crippen LogP contribution < -0.4 is 4.74 Å². The van der Waals surface area contributed by atoms with Gasteiger partial charge < -0.3 is 14.4 Å². The van der Waals surface area contributed by atoms with Crippen molar-refractivity contribution in [3.63, 3.8) is 0 Å². The molecule has 3 rings (SSSR count). The monoisotopic (exact) mass is 318 g/mol. The fourth-order valence-corrected chi connectivity index (χ4v) is 3.12. The Kier molecular flexibility index (Phi) is 5.18. The summed E-state index contributed by atoms with van der Waals surface area (Å²) in [6.45, 7) is 9.68. The predicted octanol–water partition coefficient (Wildman–Crippen LogP) is 1.55. The third kappa shape index (κ3) is 4.03. The summed E-state index contributed by atoms with van der Waals surface area (Å²) < 4.78 is 11.3. The molecule has 0 saturated carbocycles. The first kappa shape index (κ1) is 16.3. The molecule has 0 radical (unpaired) electrons. The van der Waals surface area contributed by atoms with Crippen molar-refractivity contribution in [1.82, 2.24) is 9.80 Å². The smallest absolute Gasteiger partial charge is 0.226 e. The van der Waals surface area contributed by atoms with Crippen LogP contribution in [0.1, 0.15) is 12.5 Å². The lowest BCUT2D eigenvalue weighted by Crippen LogP contribution is -2.58. The Morgan fingerprint density at radius 1 is 1.30 bits per heavy atom. The van der Waals surface area contributed by atoms with Gasteiger partial charge in [0, 0.05) is 25.6 Å². The van der Waals surface area contributed by atoms with Gasteiger partial charge in [0.15, 0.2) is 0 Å². The van der Waals surface area contributed by atoms with Crippen LogP contribution in [0.15, 0.2) is 24.3 Å². The molecule has 2 aliphatic rings. The van der Waals surface area contributed by atoms with E-state index in [9.17, 15) is 4.79 Å². The van der Waals surface area contributed by atoms with Crippen LogP contribution in [0.2, 0.25) is 0 Å². The van der Waals surface area contributed by atoms with Crippen LogP contribution in [0.25, 0.3) is 0 Å². The number of carbonyl (C=O) groups is 1. The Morgan fingerprint density at radius 3 is 2.70 bits per heavy atom. The van der Waals surface area contributed by atoms with Crippen molar-refractivity contribution in [2.75, 3.05) is 45.9 Å². The molecular formula is C18H26N2O3. The summed E-state index contributed by atoms with van der Waals surface area (Å²) in [7, 11) is 0. The number of carbonyl (C=O) groups excluding carboxylic acids is 1. The number of nitrogens with zero attached hydrogens (tertiary/aromatic N) is 2. The van der Waals surface area contributed by atoms with E-state index in [1.165, 1.54) is 0 Å². The molecule has 0 bridgehead atoms. The molecule has 2 fully saturated rings. The van der Waals surface area contributed by atoms with E-state index in [1.807, 2.05) is 43.0 Å². The van der Waals surface area contributed by atoms with Gasteiger partial charge >= 0.3 is 0 Å². The maximum Gasteiger partial charge on any atom is 0.226 e. The SMILES string of the molecule is Cc1ccccc1OC1CN(C(=O)[C@@H](C)CN2CCOCC2)C1. The molecule has 2 heterocycles. The molecule has 23 heavy (non-hydrogen) atoms. The van der Waals surface area contributed by atoms with Crippen LogP contribution in [-0.2, 0) is 9.53 Å². The first-order valence-electron chi connectivity index (χ1n) is 8.44. The highest BCUT2D eigenvalue weighted by Crippen LogP contribution is 2.22. The molecule has 1 atom stereocenters. The van der Waals surface area contributed by atoms with E-state index in [1.54, 1.807) is 0 Å². The maximum absolute atomic E-state index is 12.5. The number of ether oxygens (including phenoxy) is 2. The number of para-hydroxylation sites is 1. The Hall–Kier alpha value is -1.59. The molecule has 0 N–H and O–H groups in total. The van der Waals surface area contributed by atoms with Crippen LogP contribution in [0.3, 0.4) is 0 Å². The zero-order valence-corrected chi connectivity index (χ0v) is 14.0. The minimum Gasteiger partial charge on any atom is -0.486 e. The van der Waals surface area contributed by atoms with Gasteiger partial charge in [0.2, 0.25) is 5.91 Å². The Balaban J connectivity index is 1.43. The number of benzene rings is 1. The van der Waals surface area contributed by atoms with Gasteiger partial charge in [-0.15, -0.1) is 0 Å². The van der Waals surface area contributed by atoms with Gasteiger partial charge in [-0.05, 0) is 18.6 Å². The lowest BCUT2D eigenvalue weighted by molar-refractivity contribution is -0.144. The van der Waals surface area contributed by atoms with Crippen molar-refractivity contribution in [2.24, 2.45) is 5.92 Å². The van der Waals surface area contributed by atoms with Gasteiger partial charge in [-0.1, -0.05) is 25.1 Å². The predicted molar refractivity (Wildman–Crippen MR) is 88.6 cm³/mol. The van der Waals surface area contributed by atoms with E-state index in [-0.39, 0.29) is 17.9 Å². The Bertz CT molecular complexity index is 537. The summed E-state index contributed by atoms with van der Waals surface area (Å²) in [6.07, 6.45) is 0.121. The molecule has 1 aromatic carbocycles. The second kappa shape index (κ2) is 7.32. The highest BCUT2D eigenvalue weighted by molar-refractivity contribution is 5.79. The average molecular weight is 318 g/mol. The molecule has 1 amide bonds. The Morgan fingerprint density at radius 2 is 2.00 bits per heavy atom. The summed E-state index contributed by atoms with van der Waals surface area (Å²) in [5.74, 6) is 1.19. The zero-order valence-electron chi connectivity index (χ0n) is 14.0. The molecule has 5 heteroatoms. The number of hydrogen-bond donors (Lipinski definition) is 0. The van der Waals surface area contributed by atoms with Crippen molar-refractivity contribution in [2.45, 2.75) is 20.0 Å². The first-order valence-corrected chi connectivity index (χ1v) is 8.44. The molecule has 0 unspecified atom stereocenters. The largest absolute Gasteiger partial charge is 0.486 e. The summed E-state index contributed by atoms with van der Waals surface area (Å²) >= 11 is 0. The third-order valence-electron chi connectivity index (χ3n) is 4.60. The molecule has 126 valence electrons. The maximum atomic E-state index is 12.5. The van der Waals surface area contributed by atoms with Crippen LogP contribution in [0.5, 0.6) is 5.75 Å². The van der Waals surface area contributed by atoms with Crippen LogP contribution in [0, 0.1) is 12.8 Å². The quantitative estimate of drug-likeness (QED) is 0.826. The lowest BCUT2D eigenvalue weighted by Gasteiger charge is -2.41. The van der Waals surface area contributed by atoms with Crippen molar-refractivity contribution in [3.05, 3.63) is 29.8 Å². The topological polar surface area (TPSA) is 42.0 Å². The zero-order chi connectivity index (χ0) is 16.2. The number of aryl methyl sites for hydroxylation is 1.